The lowest BCUT2D eigenvalue weighted by Crippen LogP contribution is -2.40. The predicted octanol–water partition coefficient (Wildman–Crippen LogP) is 4.39. The first-order valence-electron chi connectivity index (χ1n) is 11.0. The zero-order chi connectivity index (χ0) is 26.1. The van der Waals surface area contributed by atoms with E-state index in [4.69, 9.17) is 4.74 Å². The molecule has 4 rings (SSSR count). The van der Waals surface area contributed by atoms with Gasteiger partial charge in [-0.1, -0.05) is 24.3 Å². The molecule has 36 heavy (non-hydrogen) atoms. The fraction of sp³-hybridized carbons (Fsp3) is 0.292. The van der Waals surface area contributed by atoms with Crippen molar-refractivity contribution in [3.8, 4) is 17.1 Å². The van der Waals surface area contributed by atoms with E-state index >= 15 is 0 Å². The SMILES string of the molecule is Cc1cccc(C)c1-c1cc2nc(n1)NS(=O)(=O)c1cccc(c1)C(=O)N[C@@H](CCC(F)(F)F)CO2. The van der Waals surface area contributed by atoms with E-state index in [1.807, 2.05) is 32.0 Å². The lowest BCUT2D eigenvalue weighted by atomic mass is 10.00. The highest BCUT2D eigenvalue weighted by molar-refractivity contribution is 7.92. The smallest absolute Gasteiger partial charge is 0.389 e. The van der Waals surface area contributed by atoms with Gasteiger partial charge in [0.2, 0.25) is 11.8 Å². The Morgan fingerprint density at radius 2 is 1.75 bits per heavy atom. The summed E-state index contributed by atoms with van der Waals surface area (Å²) in [6.45, 7) is 3.41. The molecular formula is C24H23F3N4O4S. The van der Waals surface area contributed by atoms with Crippen LogP contribution in [0.1, 0.15) is 34.3 Å². The minimum atomic E-state index is -4.43. The standard InChI is InChI=1S/C24H23F3N4O4S/c1-14-5-3-6-15(2)21(14)19-12-20-30-23(29-19)31-36(33,34)18-8-4-7-16(11-18)22(32)28-17(13-35-20)9-10-24(25,26)27/h3-8,11-12,17H,9-10,13H2,1-2H3,(H,28,32)(H,29,30,31)/t17-/m0/s1. The highest BCUT2D eigenvalue weighted by atomic mass is 32.2. The van der Waals surface area contributed by atoms with Gasteiger partial charge in [-0.15, -0.1) is 0 Å². The fourth-order valence-electron chi connectivity index (χ4n) is 3.86. The van der Waals surface area contributed by atoms with Crippen LogP contribution in [0.4, 0.5) is 19.1 Å². The highest BCUT2D eigenvalue weighted by Crippen LogP contribution is 2.30. The quantitative estimate of drug-likeness (QED) is 0.530. The molecule has 0 unspecified atom stereocenters. The van der Waals surface area contributed by atoms with E-state index in [-0.39, 0.29) is 28.9 Å². The van der Waals surface area contributed by atoms with Crippen LogP contribution in [-0.2, 0) is 10.0 Å². The molecule has 3 aromatic rings. The van der Waals surface area contributed by atoms with E-state index in [0.29, 0.717) is 5.69 Å². The molecule has 0 saturated carbocycles. The Kier molecular flexibility index (Phi) is 6.90. The Morgan fingerprint density at radius 3 is 2.44 bits per heavy atom. The van der Waals surface area contributed by atoms with Crippen LogP contribution < -0.4 is 14.8 Å². The zero-order valence-electron chi connectivity index (χ0n) is 19.4. The van der Waals surface area contributed by atoms with Crippen molar-refractivity contribution in [3.05, 3.63) is 65.2 Å². The number of fused-ring (bicyclic) bond motifs is 4. The zero-order valence-corrected chi connectivity index (χ0v) is 20.2. The van der Waals surface area contributed by atoms with E-state index in [9.17, 15) is 26.4 Å². The van der Waals surface area contributed by atoms with Gasteiger partial charge in [-0.3, -0.25) is 4.79 Å². The van der Waals surface area contributed by atoms with Crippen molar-refractivity contribution < 1.29 is 31.1 Å². The maximum Gasteiger partial charge on any atom is 0.389 e. The number of aromatic nitrogens is 2. The van der Waals surface area contributed by atoms with Crippen molar-refractivity contribution in [2.45, 2.75) is 43.8 Å². The molecular weight excluding hydrogens is 497 g/mol. The maximum atomic E-state index is 13.1. The molecule has 1 aliphatic rings. The molecule has 8 nitrogen and oxygen atoms in total. The minimum Gasteiger partial charge on any atom is -0.475 e. The second kappa shape index (κ2) is 9.76. The number of rotatable bonds is 3. The first kappa shape index (κ1) is 25.4. The highest BCUT2D eigenvalue weighted by Gasteiger charge is 2.30. The summed E-state index contributed by atoms with van der Waals surface area (Å²) in [5.74, 6) is -1.06. The molecule has 2 aromatic carbocycles. The van der Waals surface area contributed by atoms with Gasteiger partial charge < -0.3 is 10.1 Å². The number of sulfonamides is 1. The molecule has 2 heterocycles. The van der Waals surface area contributed by atoms with Gasteiger partial charge in [0, 0.05) is 23.6 Å². The topological polar surface area (TPSA) is 110 Å². The van der Waals surface area contributed by atoms with Crippen molar-refractivity contribution >= 4 is 21.9 Å². The Morgan fingerprint density at radius 1 is 1.06 bits per heavy atom. The van der Waals surface area contributed by atoms with Crippen LogP contribution in [0.15, 0.2) is 53.4 Å². The molecule has 0 radical (unpaired) electrons. The summed E-state index contributed by atoms with van der Waals surface area (Å²) >= 11 is 0. The molecule has 0 saturated heterocycles. The van der Waals surface area contributed by atoms with Crippen LogP contribution in [0, 0.1) is 13.8 Å². The second-order valence-corrected chi connectivity index (χ2v) is 10.1. The lowest BCUT2D eigenvalue weighted by Gasteiger charge is -2.20. The molecule has 190 valence electrons. The number of ether oxygens (including phenoxy) is 1. The van der Waals surface area contributed by atoms with Gasteiger partial charge in [0.15, 0.2) is 0 Å². The Hall–Kier alpha value is -3.67. The van der Waals surface area contributed by atoms with E-state index in [1.54, 1.807) is 0 Å². The summed E-state index contributed by atoms with van der Waals surface area (Å²) in [5, 5.41) is 2.51. The van der Waals surface area contributed by atoms with Crippen LogP contribution in [0.3, 0.4) is 0 Å². The van der Waals surface area contributed by atoms with E-state index in [2.05, 4.69) is 20.0 Å². The number of nitrogens with zero attached hydrogens (tertiary/aromatic N) is 2. The molecule has 0 fully saturated rings. The van der Waals surface area contributed by atoms with Gasteiger partial charge >= 0.3 is 6.18 Å². The summed E-state index contributed by atoms with van der Waals surface area (Å²) in [6, 6.07) is 11.2. The summed E-state index contributed by atoms with van der Waals surface area (Å²) in [6.07, 6.45) is -6.01. The van der Waals surface area contributed by atoms with Gasteiger partial charge in [-0.05, 0) is 49.6 Å². The molecule has 4 bridgehead atoms. The number of anilines is 1. The number of hydrogen-bond acceptors (Lipinski definition) is 6. The summed E-state index contributed by atoms with van der Waals surface area (Å²) in [4.78, 5) is 21.0. The third-order valence-corrected chi connectivity index (χ3v) is 6.94. The van der Waals surface area contributed by atoms with Crippen molar-refractivity contribution in [2.75, 3.05) is 11.3 Å². The predicted molar refractivity (Wildman–Crippen MR) is 126 cm³/mol. The molecule has 1 aromatic heterocycles. The molecule has 2 N–H and O–H groups in total. The Labute approximate surface area is 206 Å². The molecule has 0 aliphatic carbocycles. The van der Waals surface area contributed by atoms with Crippen molar-refractivity contribution in [1.82, 2.24) is 15.3 Å². The first-order valence-corrected chi connectivity index (χ1v) is 12.5. The number of nitrogens with one attached hydrogen (secondary N) is 2. The number of hydrogen-bond donors (Lipinski definition) is 2. The van der Waals surface area contributed by atoms with Crippen molar-refractivity contribution in [2.24, 2.45) is 0 Å². The fourth-order valence-corrected chi connectivity index (χ4v) is 4.85. The van der Waals surface area contributed by atoms with Crippen molar-refractivity contribution in [3.63, 3.8) is 0 Å². The Bertz CT molecular complexity index is 1390. The average Bonchev–Trinajstić information content (AvgIpc) is 2.79. The molecule has 1 atom stereocenters. The molecule has 1 aliphatic heterocycles. The largest absolute Gasteiger partial charge is 0.475 e. The molecule has 1 amide bonds. The first-order chi connectivity index (χ1) is 16.9. The second-order valence-electron chi connectivity index (χ2n) is 8.45. The van der Waals surface area contributed by atoms with Gasteiger partial charge in [-0.25, -0.2) is 18.1 Å². The summed E-state index contributed by atoms with van der Waals surface area (Å²) < 4.78 is 72.8. The molecule has 0 spiro atoms. The van der Waals surface area contributed by atoms with E-state index in [0.717, 1.165) is 22.8 Å². The van der Waals surface area contributed by atoms with Gasteiger partial charge in [0.25, 0.3) is 15.9 Å². The number of benzene rings is 2. The minimum absolute atomic E-state index is 0.0296. The lowest BCUT2D eigenvalue weighted by molar-refractivity contribution is -0.136. The maximum absolute atomic E-state index is 13.1. The van der Waals surface area contributed by atoms with Crippen LogP contribution in [-0.4, -0.2) is 43.1 Å². The summed E-state index contributed by atoms with van der Waals surface area (Å²) in [7, 11) is -4.20. The number of carbonyl (C=O) groups excluding carboxylic acids is 1. The van der Waals surface area contributed by atoms with Crippen LogP contribution >= 0.6 is 0 Å². The van der Waals surface area contributed by atoms with Crippen molar-refractivity contribution in [1.29, 1.82) is 0 Å². The molecule has 12 heteroatoms. The van der Waals surface area contributed by atoms with Crippen LogP contribution in [0.25, 0.3) is 11.3 Å². The monoisotopic (exact) mass is 520 g/mol. The van der Waals surface area contributed by atoms with E-state index in [1.165, 1.54) is 24.3 Å². The number of aryl methyl sites for hydroxylation is 2. The Balaban J connectivity index is 1.82. The number of carbonyl (C=O) groups is 1. The van der Waals surface area contributed by atoms with Crippen LogP contribution in [0.5, 0.6) is 5.88 Å². The number of halogens is 3. The number of amides is 1. The van der Waals surface area contributed by atoms with Gasteiger partial charge in [0.05, 0.1) is 16.6 Å². The average molecular weight is 521 g/mol. The third kappa shape index (κ3) is 5.93. The normalized spacial score (nSPS) is 17.5. The van der Waals surface area contributed by atoms with Crippen LogP contribution in [0.2, 0.25) is 0 Å². The third-order valence-electron chi connectivity index (χ3n) is 5.62. The number of alkyl halides is 3. The van der Waals surface area contributed by atoms with Gasteiger partial charge in [0.1, 0.15) is 6.61 Å². The summed E-state index contributed by atoms with van der Waals surface area (Å²) in [5.41, 5.74) is 2.81. The van der Waals surface area contributed by atoms with E-state index < -0.39 is 41.0 Å². The van der Waals surface area contributed by atoms with Gasteiger partial charge in [-0.2, -0.15) is 18.2 Å².